The zero-order chi connectivity index (χ0) is 13.8. The van der Waals surface area contributed by atoms with Crippen LogP contribution in [0.15, 0.2) is 36.4 Å². The van der Waals surface area contributed by atoms with Crippen molar-refractivity contribution in [3.8, 4) is 11.6 Å². The molecule has 0 aliphatic heterocycles. The second-order valence-electron chi connectivity index (χ2n) is 4.89. The molecule has 0 saturated heterocycles. The molecule has 3 nitrogen and oxygen atoms in total. The van der Waals surface area contributed by atoms with Crippen LogP contribution in [0.4, 0.5) is 0 Å². The van der Waals surface area contributed by atoms with E-state index in [-0.39, 0.29) is 0 Å². The van der Waals surface area contributed by atoms with Crippen molar-refractivity contribution in [2.75, 3.05) is 0 Å². The minimum absolute atomic E-state index is 0.417. The lowest BCUT2D eigenvalue weighted by Gasteiger charge is -2.13. The molecule has 0 spiro atoms. The number of aryl methyl sites for hydroxylation is 1. The molecule has 0 aliphatic rings. The maximum atomic E-state index is 5.90. The zero-order valence-electron chi connectivity index (χ0n) is 11.7. The van der Waals surface area contributed by atoms with Crippen molar-refractivity contribution in [2.24, 2.45) is 5.73 Å². The number of para-hydroxylation sites is 1. The van der Waals surface area contributed by atoms with Crippen LogP contribution in [-0.2, 0) is 6.54 Å². The summed E-state index contributed by atoms with van der Waals surface area (Å²) in [5, 5.41) is 0. The van der Waals surface area contributed by atoms with Crippen LogP contribution < -0.4 is 10.5 Å². The Morgan fingerprint density at radius 2 is 1.89 bits per heavy atom. The highest BCUT2D eigenvalue weighted by Gasteiger charge is 2.09. The first-order valence-electron chi connectivity index (χ1n) is 6.55. The van der Waals surface area contributed by atoms with E-state index in [1.165, 1.54) is 5.56 Å². The van der Waals surface area contributed by atoms with Crippen molar-refractivity contribution >= 4 is 0 Å². The van der Waals surface area contributed by atoms with Gasteiger partial charge in [-0.25, -0.2) is 4.98 Å². The molecule has 0 radical (unpaired) electrons. The Bertz CT molecular complexity index is 564. The first-order valence-corrected chi connectivity index (χ1v) is 6.55. The largest absolute Gasteiger partial charge is 0.439 e. The number of benzene rings is 1. The third kappa shape index (κ3) is 3.12. The van der Waals surface area contributed by atoms with Crippen LogP contribution in [0.3, 0.4) is 0 Å². The van der Waals surface area contributed by atoms with Crippen LogP contribution in [-0.4, -0.2) is 4.98 Å². The lowest BCUT2D eigenvalue weighted by atomic mass is 10.0. The molecule has 2 N–H and O–H groups in total. The first kappa shape index (κ1) is 13.6. The molecule has 0 atom stereocenters. The average molecular weight is 256 g/mol. The van der Waals surface area contributed by atoms with E-state index >= 15 is 0 Å². The molecule has 0 amide bonds. The summed E-state index contributed by atoms with van der Waals surface area (Å²) >= 11 is 0. The number of hydrogen-bond acceptors (Lipinski definition) is 3. The Hall–Kier alpha value is -1.87. The summed E-state index contributed by atoms with van der Waals surface area (Å²) in [7, 11) is 0. The van der Waals surface area contributed by atoms with Gasteiger partial charge in [0.1, 0.15) is 5.75 Å². The van der Waals surface area contributed by atoms with Gasteiger partial charge in [-0.1, -0.05) is 38.1 Å². The fourth-order valence-electron chi connectivity index (χ4n) is 2.00. The minimum Gasteiger partial charge on any atom is -0.439 e. The summed E-state index contributed by atoms with van der Waals surface area (Å²) in [5.74, 6) is 1.90. The van der Waals surface area contributed by atoms with Crippen molar-refractivity contribution < 1.29 is 4.74 Å². The SMILES string of the molecule is Cc1nc(Oc2ccccc2C(C)C)ccc1CN. The molecule has 2 rings (SSSR count). The van der Waals surface area contributed by atoms with Crippen LogP contribution in [0.5, 0.6) is 11.6 Å². The number of nitrogens with two attached hydrogens (primary N) is 1. The molecule has 19 heavy (non-hydrogen) atoms. The second kappa shape index (κ2) is 5.85. The highest BCUT2D eigenvalue weighted by molar-refractivity contribution is 5.38. The van der Waals surface area contributed by atoms with Crippen molar-refractivity contribution in [1.82, 2.24) is 4.98 Å². The van der Waals surface area contributed by atoms with Gasteiger partial charge in [0.05, 0.1) is 0 Å². The van der Waals surface area contributed by atoms with Gasteiger partial charge >= 0.3 is 0 Å². The molecule has 100 valence electrons. The molecule has 1 aromatic carbocycles. The van der Waals surface area contributed by atoms with Gasteiger partial charge in [-0.2, -0.15) is 0 Å². The van der Waals surface area contributed by atoms with E-state index in [1.807, 2.05) is 37.3 Å². The fourth-order valence-corrected chi connectivity index (χ4v) is 2.00. The van der Waals surface area contributed by atoms with E-state index in [9.17, 15) is 0 Å². The number of hydrogen-bond donors (Lipinski definition) is 1. The lowest BCUT2D eigenvalue weighted by molar-refractivity contribution is 0.452. The Kier molecular flexibility index (Phi) is 4.17. The molecule has 0 unspecified atom stereocenters. The molecular formula is C16H20N2O. The summed E-state index contributed by atoms with van der Waals surface area (Å²) in [6, 6.07) is 11.9. The molecule has 2 aromatic rings. The Balaban J connectivity index is 2.29. The van der Waals surface area contributed by atoms with Crippen molar-refractivity contribution in [1.29, 1.82) is 0 Å². The van der Waals surface area contributed by atoms with E-state index in [0.717, 1.165) is 17.0 Å². The minimum atomic E-state index is 0.417. The second-order valence-corrected chi connectivity index (χ2v) is 4.89. The lowest BCUT2D eigenvalue weighted by Crippen LogP contribution is -2.02. The Morgan fingerprint density at radius 3 is 2.53 bits per heavy atom. The van der Waals surface area contributed by atoms with Crippen LogP contribution in [0.1, 0.15) is 36.6 Å². The Labute approximate surface area is 114 Å². The van der Waals surface area contributed by atoms with Gasteiger partial charge in [-0.15, -0.1) is 0 Å². The van der Waals surface area contributed by atoms with Crippen LogP contribution >= 0.6 is 0 Å². The molecule has 0 saturated carbocycles. The molecular weight excluding hydrogens is 236 g/mol. The van der Waals surface area contributed by atoms with E-state index in [0.29, 0.717) is 18.3 Å². The first-order chi connectivity index (χ1) is 9.11. The van der Waals surface area contributed by atoms with E-state index < -0.39 is 0 Å². The molecule has 1 aromatic heterocycles. The molecule has 0 fully saturated rings. The monoisotopic (exact) mass is 256 g/mol. The average Bonchev–Trinajstić information content (AvgIpc) is 2.39. The highest BCUT2D eigenvalue weighted by atomic mass is 16.5. The van der Waals surface area contributed by atoms with Gasteiger partial charge in [0.15, 0.2) is 0 Å². The fraction of sp³-hybridized carbons (Fsp3) is 0.312. The van der Waals surface area contributed by atoms with Crippen LogP contribution in [0.25, 0.3) is 0 Å². The summed E-state index contributed by atoms with van der Waals surface area (Å²) in [4.78, 5) is 4.44. The predicted octanol–water partition coefficient (Wildman–Crippen LogP) is 3.76. The van der Waals surface area contributed by atoms with Crippen molar-refractivity contribution in [3.63, 3.8) is 0 Å². The molecule has 1 heterocycles. The number of rotatable bonds is 4. The Morgan fingerprint density at radius 1 is 1.16 bits per heavy atom. The molecule has 0 bridgehead atoms. The maximum absolute atomic E-state index is 5.90. The maximum Gasteiger partial charge on any atom is 0.219 e. The van der Waals surface area contributed by atoms with E-state index in [1.54, 1.807) is 0 Å². The standard InChI is InChI=1S/C16H20N2O/c1-11(2)14-6-4-5-7-15(14)19-16-9-8-13(10-17)12(3)18-16/h4-9,11H,10,17H2,1-3H3. The van der Waals surface area contributed by atoms with Crippen molar-refractivity contribution in [2.45, 2.75) is 33.2 Å². The van der Waals surface area contributed by atoms with Gasteiger partial charge in [-0.05, 0) is 30.0 Å². The summed E-state index contributed by atoms with van der Waals surface area (Å²) in [6.07, 6.45) is 0. The van der Waals surface area contributed by atoms with E-state index in [4.69, 9.17) is 10.5 Å². The molecule has 0 aliphatic carbocycles. The number of ether oxygens (including phenoxy) is 1. The van der Waals surface area contributed by atoms with Gasteiger partial charge < -0.3 is 10.5 Å². The zero-order valence-corrected chi connectivity index (χ0v) is 11.7. The molecule has 3 heteroatoms. The van der Waals surface area contributed by atoms with Crippen LogP contribution in [0.2, 0.25) is 0 Å². The number of pyridine rings is 1. The third-order valence-electron chi connectivity index (χ3n) is 3.15. The number of nitrogens with zero attached hydrogens (tertiary/aromatic N) is 1. The van der Waals surface area contributed by atoms with Gasteiger partial charge in [0.2, 0.25) is 5.88 Å². The van der Waals surface area contributed by atoms with Gasteiger partial charge in [-0.3, -0.25) is 0 Å². The summed E-state index contributed by atoms with van der Waals surface area (Å²) in [5.41, 5.74) is 8.79. The predicted molar refractivity (Wildman–Crippen MR) is 77.5 cm³/mol. The number of aromatic nitrogens is 1. The topological polar surface area (TPSA) is 48.1 Å². The van der Waals surface area contributed by atoms with Crippen LogP contribution in [0, 0.1) is 6.92 Å². The normalized spacial score (nSPS) is 10.8. The van der Waals surface area contributed by atoms with Gasteiger partial charge in [0.25, 0.3) is 0 Å². The smallest absolute Gasteiger partial charge is 0.219 e. The summed E-state index contributed by atoms with van der Waals surface area (Å²) < 4.78 is 5.90. The highest BCUT2D eigenvalue weighted by Crippen LogP contribution is 2.29. The van der Waals surface area contributed by atoms with Crippen molar-refractivity contribution in [3.05, 3.63) is 53.2 Å². The quantitative estimate of drug-likeness (QED) is 0.906. The van der Waals surface area contributed by atoms with Gasteiger partial charge in [0, 0.05) is 18.3 Å². The third-order valence-corrected chi connectivity index (χ3v) is 3.15. The summed E-state index contributed by atoms with van der Waals surface area (Å²) in [6.45, 7) is 6.75. The van der Waals surface area contributed by atoms with E-state index in [2.05, 4.69) is 24.9 Å².